The van der Waals surface area contributed by atoms with E-state index >= 15 is 0 Å². The standard InChI is InChI=1S/C14H18F3N5S/c1-2-6-18-13(23)21-12-19-10(14(15,16)17)9-11(20-12)22-7-4-3-5-8-22/h2,9H,1,3-8H2,(H2,18,19,20,21,23). The summed E-state index contributed by atoms with van der Waals surface area (Å²) < 4.78 is 39.2. The van der Waals surface area contributed by atoms with E-state index < -0.39 is 11.9 Å². The number of nitrogens with one attached hydrogen (secondary N) is 2. The van der Waals surface area contributed by atoms with Crippen molar-refractivity contribution in [3.8, 4) is 0 Å². The third-order valence-electron chi connectivity index (χ3n) is 3.32. The first-order valence-electron chi connectivity index (χ1n) is 7.27. The van der Waals surface area contributed by atoms with Crippen LogP contribution in [0, 0.1) is 0 Å². The molecule has 0 aliphatic carbocycles. The smallest absolute Gasteiger partial charge is 0.359 e. The number of anilines is 2. The molecule has 2 heterocycles. The first kappa shape index (κ1) is 17.5. The second kappa shape index (κ2) is 7.58. The van der Waals surface area contributed by atoms with Crippen LogP contribution in [0.1, 0.15) is 25.0 Å². The van der Waals surface area contributed by atoms with Crippen molar-refractivity contribution in [1.29, 1.82) is 0 Å². The van der Waals surface area contributed by atoms with Gasteiger partial charge in [0.2, 0.25) is 5.95 Å². The topological polar surface area (TPSA) is 53.1 Å². The Bertz CT molecular complexity index is 570. The summed E-state index contributed by atoms with van der Waals surface area (Å²) in [5, 5.41) is 5.50. The Hall–Kier alpha value is -1.90. The van der Waals surface area contributed by atoms with Crippen LogP contribution in [0.3, 0.4) is 0 Å². The number of nitrogens with zero attached hydrogens (tertiary/aromatic N) is 3. The third kappa shape index (κ3) is 5.05. The lowest BCUT2D eigenvalue weighted by atomic mass is 10.1. The molecule has 1 aromatic rings. The highest BCUT2D eigenvalue weighted by Crippen LogP contribution is 2.31. The molecule has 1 aliphatic heterocycles. The van der Waals surface area contributed by atoms with E-state index in [1.165, 1.54) is 0 Å². The summed E-state index contributed by atoms with van der Waals surface area (Å²) >= 11 is 4.99. The zero-order chi connectivity index (χ0) is 16.9. The van der Waals surface area contributed by atoms with E-state index in [1.807, 2.05) is 4.90 Å². The predicted molar refractivity (Wildman–Crippen MR) is 87.5 cm³/mol. The van der Waals surface area contributed by atoms with Gasteiger partial charge in [0.15, 0.2) is 10.8 Å². The number of halogens is 3. The van der Waals surface area contributed by atoms with Gasteiger partial charge in [-0.15, -0.1) is 6.58 Å². The van der Waals surface area contributed by atoms with Crippen molar-refractivity contribution in [1.82, 2.24) is 15.3 Å². The van der Waals surface area contributed by atoms with Crippen molar-refractivity contribution in [2.75, 3.05) is 29.9 Å². The Labute approximate surface area is 138 Å². The molecule has 5 nitrogen and oxygen atoms in total. The minimum atomic E-state index is -4.54. The molecule has 126 valence electrons. The first-order valence-corrected chi connectivity index (χ1v) is 7.68. The van der Waals surface area contributed by atoms with Crippen LogP contribution in [0.2, 0.25) is 0 Å². The molecule has 2 rings (SSSR count). The monoisotopic (exact) mass is 345 g/mol. The van der Waals surface area contributed by atoms with Crippen LogP contribution in [0.4, 0.5) is 24.9 Å². The average molecular weight is 345 g/mol. The molecule has 0 atom stereocenters. The number of hydrogen-bond donors (Lipinski definition) is 2. The van der Waals surface area contributed by atoms with Crippen molar-refractivity contribution in [2.24, 2.45) is 0 Å². The highest BCUT2D eigenvalue weighted by molar-refractivity contribution is 7.80. The Morgan fingerprint density at radius 3 is 2.61 bits per heavy atom. The second-order valence-corrected chi connectivity index (χ2v) is 5.51. The van der Waals surface area contributed by atoms with E-state index in [0.29, 0.717) is 19.6 Å². The highest BCUT2D eigenvalue weighted by atomic mass is 32.1. The zero-order valence-electron chi connectivity index (χ0n) is 12.5. The van der Waals surface area contributed by atoms with Gasteiger partial charge in [0, 0.05) is 25.7 Å². The quantitative estimate of drug-likeness (QED) is 0.646. The molecule has 0 unspecified atom stereocenters. The molecule has 0 spiro atoms. The maximum Gasteiger partial charge on any atom is 0.433 e. The Morgan fingerprint density at radius 2 is 2.00 bits per heavy atom. The van der Waals surface area contributed by atoms with E-state index in [9.17, 15) is 13.2 Å². The van der Waals surface area contributed by atoms with Crippen LogP contribution in [0.15, 0.2) is 18.7 Å². The van der Waals surface area contributed by atoms with Crippen LogP contribution in [0.25, 0.3) is 0 Å². The molecule has 2 N–H and O–H groups in total. The molecule has 9 heteroatoms. The van der Waals surface area contributed by atoms with Gasteiger partial charge < -0.3 is 15.5 Å². The van der Waals surface area contributed by atoms with E-state index in [-0.39, 0.29) is 16.9 Å². The number of alkyl halides is 3. The van der Waals surface area contributed by atoms with Gasteiger partial charge in [0.05, 0.1) is 0 Å². The minimum absolute atomic E-state index is 0.147. The Morgan fingerprint density at radius 1 is 1.30 bits per heavy atom. The summed E-state index contributed by atoms with van der Waals surface area (Å²) in [6, 6.07) is 0.983. The molecule has 1 saturated heterocycles. The fraction of sp³-hybridized carbons (Fsp3) is 0.500. The van der Waals surface area contributed by atoms with E-state index in [0.717, 1.165) is 25.3 Å². The summed E-state index contributed by atoms with van der Waals surface area (Å²) in [7, 11) is 0. The maximum atomic E-state index is 13.1. The van der Waals surface area contributed by atoms with Gasteiger partial charge >= 0.3 is 6.18 Å². The highest BCUT2D eigenvalue weighted by Gasteiger charge is 2.34. The van der Waals surface area contributed by atoms with E-state index in [1.54, 1.807) is 6.08 Å². The van der Waals surface area contributed by atoms with Crippen molar-refractivity contribution in [3.63, 3.8) is 0 Å². The molecule has 23 heavy (non-hydrogen) atoms. The zero-order valence-corrected chi connectivity index (χ0v) is 13.3. The fourth-order valence-corrected chi connectivity index (χ4v) is 2.41. The van der Waals surface area contributed by atoms with Gasteiger partial charge in [-0.2, -0.15) is 18.2 Å². The number of hydrogen-bond acceptors (Lipinski definition) is 4. The molecule has 0 aromatic carbocycles. The summed E-state index contributed by atoms with van der Waals surface area (Å²) in [6.07, 6.45) is -0.00454. The van der Waals surface area contributed by atoms with Crippen molar-refractivity contribution < 1.29 is 13.2 Å². The van der Waals surface area contributed by atoms with Crippen molar-refractivity contribution in [3.05, 3.63) is 24.4 Å². The van der Waals surface area contributed by atoms with Gasteiger partial charge in [-0.05, 0) is 31.5 Å². The summed E-state index contributed by atoms with van der Waals surface area (Å²) in [6.45, 7) is 5.29. The van der Waals surface area contributed by atoms with E-state index in [4.69, 9.17) is 12.2 Å². The molecule has 0 radical (unpaired) electrons. The van der Waals surface area contributed by atoms with Gasteiger partial charge in [-0.1, -0.05) is 6.08 Å². The van der Waals surface area contributed by atoms with E-state index in [2.05, 4.69) is 27.2 Å². The number of aromatic nitrogens is 2. The summed E-state index contributed by atoms with van der Waals surface area (Å²) in [4.78, 5) is 9.53. The molecule has 1 aliphatic rings. The largest absolute Gasteiger partial charge is 0.433 e. The minimum Gasteiger partial charge on any atom is -0.359 e. The van der Waals surface area contributed by atoms with Crippen molar-refractivity contribution in [2.45, 2.75) is 25.4 Å². The lowest BCUT2D eigenvalue weighted by molar-refractivity contribution is -0.141. The van der Waals surface area contributed by atoms with Crippen LogP contribution < -0.4 is 15.5 Å². The number of rotatable bonds is 4. The lowest BCUT2D eigenvalue weighted by Gasteiger charge is -2.28. The maximum absolute atomic E-state index is 13.1. The first-order chi connectivity index (χ1) is 10.9. The fourth-order valence-electron chi connectivity index (χ4n) is 2.23. The van der Waals surface area contributed by atoms with Gasteiger partial charge in [-0.25, -0.2) is 4.98 Å². The van der Waals surface area contributed by atoms with Crippen LogP contribution in [-0.2, 0) is 6.18 Å². The summed E-state index contributed by atoms with van der Waals surface area (Å²) in [5.41, 5.74) is -0.984. The normalized spacial score (nSPS) is 15.2. The predicted octanol–water partition coefficient (Wildman–Crippen LogP) is 2.96. The molecule has 1 aromatic heterocycles. The SMILES string of the molecule is C=CCNC(=S)Nc1nc(N2CCCCC2)cc(C(F)(F)F)n1. The second-order valence-electron chi connectivity index (χ2n) is 5.10. The van der Waals surface area contributed by atoms with Crippen LogP contribution in [-0.4, -0.2) is 34.7 Å². The molecule has 0 amide bonds. The summed E-state index contributed by atoms with van der Waals surface area (Å²) in [5.74, 6) is 0.100. The molecule has 1 fully saturated rings. The molecular weight excluding hydrogens is 327 g/mol. The van der Waals surface area contributed by atoms with Gasteiger partial charge in [-0.3, -0.25) is 0 Å². The Balaban J connectivity index is 2.25. The van der Waals surface area contributed by atoms with Crippen molar-refractivity contribution >= 4 is 29.1 Å². The molecule has 0 bridgehead atoms. The van der Waals surface area contributed by atoms with Crippen LogP contribution in [0.5, 0.6) is 0 Å². The van der Waals surface area contributed by atoms with Gasteiger partial charge in [0.25, 0.3) is 0 Å². The number of piperidine rings is 1. The Kier molecular flexibility index (Phi) is 5.75. The number of thiocarbonyl (C=S) groups is 1. The average Bonchev–Trinajstić information content (AvgIpc) is 2.52. The van der Waals surface area contributed by atoms with Crippen LogP contribution >= 0.6 is 12.2 Å². The lowest BCUT2D eigenvalue weighted by Crippen LogP contribution is -2.32. The molecule has 0 saturated carbocycles. The molecular formula is C14H18F3N5S. The van der Waals surface area contributed by atoms with Gasteiger partial charge in [0.1, 0.15) is 5.82 Å². The third-order valence-corrected chi connectivity index (χ3v) is 3.56.